The lowest BCUT2D eigenvalue weighted by Crippen LogP contribution is -2.38. The molecule has 1 aliphatic rings. The molecular weight excluding hydrogens is 505 g/mol. The Morgan fingerprint density at radius 2 is 1.77 bits per heavy atom. The molecule has 0 spiro atoms. The van der Waals surface area contributed by atoms with Crippen LogP contribution in [-0.4, -0.2) is 89.0 Å². The van der Waals surface area contributed by atoms with Crippen LogP contribution in [0.2, 0.25) is 0 Å². The second-order valence-electron chi connectivity index (χ2n) is 7.83. The van der Waals surface area contributed by atoms with Crippen molar-refractivity contribution >= 4 is 29.9 Å². The fraction of sp³-hybridized carbons (Fsp3) is 0.696. The summed E-state index contributed by atoms with van der Waals surface area (Å²) < 4.78 is 10.5. The molecule has 1 aliphatic heterocycles. The SMILES string of the molecule is CCNC(=NCc1ccc(CN2CCCN(C)CC2)cc1)NCCCOCCOC.I. The first kappa shape index (κ1) is 28.1. The predicted octanol–water partition coefficient (Wildman–Crippen LogP) is 2.55. The summed E-state index contributed by atoms with van der Waals surface area (Å²) in [5.41, 5.74) is 2.61. The first-order valence-electron chi connectivity index (χ1n) is 11.3. The van der Waals surface area contributed by atoms with Crippen molar-refractivity contribution in [2.24, 2.45) is 4.99 Å². The van der Waals surface area contributed by atoms with Gasteiger partial charge in [0.2, 0.25) is 0 Å². The van der Waals surface area contributed by atoms with Gasteiger partial charge in [0.1, 0.15) is 0 Å². The molecule has 8 heteroatoms. The molecular formula is C23H42IN5O2. The van der Waals surface area contributed by atoms with Crippen molar-refractivity contribution in [2.45, 2.75) is 32.9 Å². The van der Waals surface area contributed by atoms with Gasteiger partial charge >= 0.3 is 0 Å². The minimum Gasteiger partial charge on any atom is -0.382 e. The number of hydrogen-bond acceptors (Lipinski definition) is 5. The Hall–Kier alpha value is -0.940. The van der Waals surface area contributed by atoms with Crippen LogP contribution in [0.1, 0.15) is 30.9 Å². The zero-order valence-corrected chi connectivity index (χ0v) is 21.9. The van der Waals surface area contributed by atoms with Crippen LogP contribution in [-0.2, 0) is 22.6 Å². The highest BCUT2D eigenvalue weighted by atomic mass is 127. The number of nitrogens with one attached hydrogen (secondary N) is 2. The van der Waals surface area contributed by atoms with Crippen molar-refractivity contribution < 1.29 is 9.47 Å². The fourth-order valence-corrected chi connectivity index (χ4v) is 3.40. The third kappa shape index (κ3) is 12.6. The second kappa shape index (κ2) is 17.6. The van der Waals surface area contributed by atoms with Gasteiger partial charge < -0.3 is 25.0 Å². The molecule has 1 aromatic carbocycles. The number of likely N-dealkylation sites (N-methyl/N-ethyl adjacent to an activating group) is 1. The summed E-state index contributed by atoms with van der Waals surface area (Å²) in [5.74, 6) is 0.854. The number of methoxy groups -OCH3 is 1. The Morgan fingerprint density at radius 1 is 1.00 bits per heavy atom. The molecule has 1 fully saturated rings. The molecule has 0 aliphatic carbocycles. The maximum atomic E-state index is 5.49. The van der Waals surface area contributed by atoms with E-state index in [0.29, 0.717) is 19.8 Å². The van der Waals surface area contributed by atoms with Gasteiger partial charge in [0, 0.05) is 46.4 Å². The van der Waals surface area contributed by atoms with Crippen LogP contribution < -0.4 is 10.6 Å². The van der Waals surface area contributed by atoms with E-state index >= 15 is 0 Å². The van der Waals surface area contributed by atoms with Crippen LogP contribution in [0, 0.1) is 0 Å². The van der Waals surface area contributed by atoms with Gasteiger partial charge in [-0.05, 0) is 51.0 Å². The van der Waals surface area contributed by atoms with E-state index in [9.17, 15) is 0 Å². The molecule has 31 heavy (non-hydrogen) atoms. The van der Waals surface area contributed by atoms with Crippen LogP contribution in [0.25, 0.3) is 0 Å². The molecule has 0 amide bonds. The van der Waals surface area contributed by atoms with Gasteiger partial charge in [-0.25, -0.2) is 4.99 Å². The normalized spacial score (nSPS) is 15.9. The fourth-order valence-electron chi connectivity index (χ4n) is 3.40. The van der Waals surface area contributed by atoms with Gasteiger partial charge in [-0.2, -0.15) is 0 Å². The number of aliphatic imine (C=N–C) groups is 1. The van der Waals surface area contributed by atoms with Crippen molar-refractivity contribution in [1.29, 1.82) is 0 Å². The lowest BCUT2D eigenvalue weighted by atomic mass is 10.1. The number of guanidine groups is 1. The Balaban J connectivity index is 0.00000480. The third-order valence-electron chi connectivity index (χ3n) is 5.19. The van der Waals surface area contributed by atoms with E-state index in [1.54, 1.807) is 7.11 Å². The summed E-state index contributed by atoms with van der Waals surface area (Å²) >= 11 is 0. The number of nitrogens with zero attached hydrogens (tertiary/aromatic N) is 3. The molecule has 0 bridgehead atoms. The summed E-state index contributed by atoms with van der Waals surface area (Å²) in [7, 11) is 3.90. The number of ether oxygens (including phenoxy) is 2. The summed E-state index contributed by atoms with van der Waals surface area (Å²) in [4.78, 5) is 9.70. The van der Waals surface area contributed by atoms with Gasteiger partial charge in [-0.3, -0.25) is 4.90 Å². The first-order valence-corrected chi connectivity index (χ1v) is 11.3. The third-order valence-corrected chi connectivity index (χ3v) is 5.19. The maximum absolute atomic E-state index is 5.49. The van der Waals surface area contributed by atoms with E-state index in [-0.39, 0.29) is 24.0 Å². The molecule has 1 heterocycles. The average molecular weight is 548 g/mol. The van der Waals surface area contributed by atoms with E-state index in [2.05, 4.69) is 58.7 Å². The van der Waals surface area contributed by atoms with E-state index in [1.807, 2.05) is 0 Å². The molecule has 0 atom stereocenters. The molecule has 2 rings (SSSR count). The van der Waals surface area contributed by atoms with Crippen LogP contribution in [0.4, 0.5) is 0 Å². The average Bonchev–Trinajstić information content (AvgIpc) is 2.96. The molecule has 1 saturated heterocycles. The Morgan fingerprint density at radius 3 is 2.52 bits per heavy atom. The highest BCUT2D eigenvalue weighted by Gasteiger charge is 2.12. The summed E-state index contributed by atoms with van der Waals surface area (Å²) in [6.07, 6.45) is 2.19. The topological polar surface area (TPSA) is 61.4 Å². The van der Waals surface area contributed by atoms with Crippen LogP contribution >= 0.6 is 24.0 Å². The lowest BCUT2D eigenvalue weighted by Gasteiger charge is -2.20. The monoisotopic (exact) mass is 547 g/mol. The molecule has 0 saturated carbocycles. The molecule has 0 aromatic heterocycles. The summed E-state index contributed by atoms with van der Waals surface area (Å²) in [5, 5.41) is 6.68. The van der Waals surface area contributed by atoms with E-state index in [4.69, 9.17) is 14.5 Å². The molecule has 0 radical (unpaired) electrons. The van der Waals surface area contributed by atoms with E-state index < -0.39 is 0 Å². The minimum absolute atomic E-state index is 0. The predicted molar refractivity (Wildman–Crippen MR) is 139 cm³/mol. The second-order valence-corrected chi connectivity index (χ2v) is 7.83. The number of rotatable bonds is 12. The zero-order chi connectivity index (χ0) is 21.4. The van der Waals surface area contributed by atoms with Crippen molar-refractivity contribution in [3.63, 3.8) is 0 Å². The van der Waals surface area contributed by atoms with Gasteiger partial charge in [0.25, 0.3) is 0 Å². The summed E-state index contributed by atoms with van der Waals surface area (Å²) in [6, 6.07) is 8.90. The molecule has 1 aromatic rings. The van der Waals surface area contributed by atoms with Gasteiger partial charge in [-0.1, -0.05) is 24.3 Å². The Bertz CT molecular complexity index is 600. The van der Waals surface area contributed by atoms with E-state index in [0.717, 1.165) is 51.7 Å². The first-order chi connectivity index (χ1) is 14.7. The van der Waals surface area contributed by atoms with Gasteiger partial charge in [0.05, 0.1) is 19.8 Å². The number of benzene rings is 1. The van der Waals surface area contributed by atoms with Crippen LogP contribution in [0.3, 0.4) is 0 Å². The van der Waals surface area contributed by atoms with Crippen molar-refractivity contribution in [2.75, 3.05) is 73.2 Å². The summed E-state index contributed by atoms with van der Waals surface area (Å²) in [6.45, 7) is 12.2. The molecule has 0 unspecified atom stereocenters. The highest BCUT2D eigenvalue weighted by Crippen LogP contribution is 2.11. The largest absolute Gasteiger partial charge is 0.382 e. The van der Waals surface area contributed by atoms with Crippen LogP contribution in [0.5, 0.6) is 0 Å². The van der Waals surface area contributed by atoms with Crippen molar-refractivity contribution in [3.05, 3.63) is 35.4 Å². The Labute approximate surface area is 206 Å². The standard InChI is InChI=1S/C23H41N5O2.HI/c1-4-24-23(25-11-5-16-30-18-17-29-3)26-19-21-7-9-22(10-8-21)20-28-13-6-12-27(2)14-15-28;/h7-10H,4-6,11-20H2,1-3H3,(H2,24,25,26);1H. The smallest absolute Gasteiger partial charge is 0.191 e. The molecule has 2 N–H and O–H groups in total. The van der Waals surface area contributed by atoms with E-state index in [1.165, 1.54) is 30.6 Å². The number of hydrogen-bond donors (Lipinski definition) is 2. The highest BCUT2D eigenvalue weighted by molar-refractivity contribution is 14.0. The van der Waals surface area contributed by atoms with Crippen molar-refractivity contribution in [1.82, 2.24) is 20.4 Å². The molecule has 7 nitrogen and oxygen atoms in total. The number of halogens is 1. The minimum atomic E-state index is 0. The van der Waals surface area contributed by atoms with Gasteiger partial charge in [-0.15, -0.1) is 24.0 Å². The maximum Gasteiger partial charge on any atom is 0.191 e. The van der Waals surface area contributed by atoms with Crippen LogP contribution in [0.15, 0.2) is 29.3 Å². The Kier molecular flexibility index (Phi) is 15.9. The zero-order valence-electron chi connectivity index (χ0n) is 19.6. The molecule has 178 valence electrons. The quantitative estimate of drug-likeness (QED) is 0.182. The van der Waals surface area contributed by atoms with Crippen molar-refractivity contribution in [3.8, 4) is 0 Å². The lowest BCUT2D eigenvalue weighted by molar-refractivity contribution is 0.0698. The van der Waals surface area contributed by atoms with Gasteiger partial charge in [0.15, 0.2) is 5.96 Å².